The Morgan fingerprint density at radius 1 is 1.05 bits per heavy atom. The van der Waals surface area contributed by atoms with E-state index in [9.17, 15) is 0 Å². The zero-order valence-electron chi connectivity index (χ0n) is 12.9. The highest BCUT2D eigenvalue weighted by Crippen LogP contribution is 2.62. The summed E-state index contributed by atoms with van der Waals surface area (Å²) in [5.41, 5.74) is 1.10. The second-order valence-electron chi connectivity index (χ2n) is 8.76. The standard InChI is InChI=1S/C17H30N2/c1-16(2)13-4-7-17(3,10-13)15(16)18-14-11-19-8-5-12(14)6-9-19/h12-15,18H,4-11H2,1-3H3/t13-,14?,15?,17+/m0/s1. The number of rotatable bonds is 2. The van der Waals surface area contributed by atoms with Crippen molar-refractivity contribution in [1.82, 2.24) is 10.2 Å². The van der Waals surface area contributed by atoms with E-state index in [1.807, 2.05) is 0 Å². The maximum atomic E-state index is 4.17. The lowest BCUT2D eigenvalue weighted by molar-refractivity contribution is 0.0296. The lowest BCUT2D eigenvalue weighted by Crippen LogP contribution is -2.62. The van der Waals surface area contributed by atoms with Crippen LogP contribution in [0.4, 0.5) is 0 Å². The molecule has 3 saturated heterocycles. The van der Waals surface area contributed by atoms with Crippen molar-refractivity contribution >= 4 is 0 Å². The van der Waals surface area contributed by atoms with Gasteiger partial charge in [-0.15, -0.1) is 0 Å². The summed E-state index contributed by atoms with van der Waals surface area (Å²) in [5.74, 6) is 1.93. The van der Waals surface area contributed by atoms with Gasteiger partial charge in [0.05, 0.1) is 0 Å². The fourth-order valence-corrected chi connectivity index (χ4v) is 6.09. The van der Waals surface area contributed by atoms with Gasteiger partial charge in [-0.2, -0.15) is 0 Å². The smallest absolute Gasteiger partial charge is 0.0227 e. The summed E-state index contributed by atoms with van der Waals surface area (Å²) in [6.07, 6.45) is 7.27. The molecule has 5 aliphatic rings. The van der Waals surface area contributed by atoms with Gasteiger partial charge in [-0.05, 0) is 67.9 Å². The molecular formula is C17H30N2. The molecule has 0 radical (unpaired) electrons. The SMILES string of the molecule is CC1(C)C(NC2CN3CCC2CC3)[C@]2(C)CC[C@H]1C2. The Labute approximate surface area is 118 Å². The Morgan fingerprint density at radius 3 is 2.32 bits per heavy atom. The zero-order chi connectivity index (χ0) is 13.3. The van der Waals surface area contributed by atoms with E-state index in [2.05, 4.69) is 31.0 Å². The van der Waals surface area contributed by atoms with Gasteiger partial charge in [0.1, 0.15) is 0 Å². The average molecular weight is 262 g/mol. The van der Waals surface area contributed by atoms with Gasteiger partial charge in [0.2, 0.25) is 0 Å². The minimum absolute atomic E-state index is 0.513. The second kappa shape index (κ2) is 3.98. The van der Waals surface area contributed by atoms with Gasteiger partial charge in [0.15, 0.2) is 0 Å². The summed E-state index contributed by atoms with van der Waals surface area (Å²) in [4.78, 5) is 2.68. The van der Waals surface area contributed by atoms with Crippen molar-refractivity contribution in [3.8, 4) is 0 Å². The van der Waals surface area contributed by atoms with Crippen molar-refractivity contribution in [3.05, 3.63) is 0 Å². The minimum Gasteiger partial charge on any atom is -0.309 e. The highest BCUT2D eigenvalue weighted by Gasteiger charge is 2.59. The molecule has 108 valence electrons. The maximum Gasteiger partial charge on any atom is 0.0227 e. The third-order valence-corrected chi connectivity index (χ3v) is 7.31. The Bertz CT molecular complexity index is 365. The summed E-state index contributed by atoms with van der Waals surface area (Å²) in [5, 5.41) is 4.17. The van der Waals surface area contributed by atoms with Gasteiger partial charge in [0.25, 0.3) is 0 Å². The number of piperidine rings is 3. The number of nitrogens with one attached hydrogen (secondary N) is 1. The van der Waals surface area contributed by atoms with Crippen LogP contribution in [0.2, 0.25) is 0 Å². The molecule has 0 aromatic rings. The normalized spacial score (nSPS) is 54.8. The fourth-order valence-electron chi connectivity index (χ4n) is 6.09. The van der Waals surface area contributed by atoms with Crippen LogP contribution >= 0.6 is 0 Å². The molecule has 0 spiro atoms. The number of fused-ring (bicyclic) bond motifs is 5. The van der Waals surface area contributed by atoms with E-state index in [0.29, 0.717) is 10.8 Å². The molecule has 2 heteroatoms. The van der Waals surface area contributed by atoms with Crippen LogP contribution in [0.15, 0.2) is 0 Å². The number of nitrogens with zero attached hydrogens (tertiary/aromatic N) is 1. The Balaban J connectivity index is 1.53. The minimum atomic E-state index is 0.513. The fraction of sp³-hybridized carbons (Fsp3) is 1.00. The average Bonchev–Trinajstić information content (AvgIpc) is 2.87. The van der Waals surface area contributed by atoms with Crippen molar-refractivity contribution < 1.29 is 0 Å². The molecule has 4 atom stereocenters. The van der Waals surface area contributed by atoms with E-state index < -0.39 is 0 Å². The molecule has 0 amide bonds. The molecule has 4 bridgehead atoms. The summed E-state index contributed by atoms with van der Waals surface area (Å²) in [6, 6.07) is 1.53. The van der Waals surface area contributed by atoms with Gasteiger partial charge in [-0.25, -0.2) is 0 Å². The van der Waals surface area contributed by atoms with Gasteiger partial charge < -0.3 is 10.2 Å². The third kappa shape index (κ3) is 1.75. The largest absolute Gasteiger partial charge is 0.309 e. The lowest BCUT2D eigenvalue weighted by atomic mass is 9.67. The van der Waals surface area contributed by atoms with Crippen LogP contribution in [-0.4, -0.2) is 36.6 Å². The van der Waals surface area contributed by atoms with Crippen molar-refractivity contribution in [2.75, 3.05) is 19.6 Å². The summed E-state index contributed by atoms with van der Waals surface area (Å²) in [7, 11) is 0. The van der Waals surface area contributed by atoms with Crippen LogP contribution in [0.1, 0.15) is 52.9 Å². The monoisotopic (exact) mass is 262 g/mol. The third-order valence-electron chi connectivity index (χ3n) is 7.31. The first-order valence-electron chi connectivity index (χ1n) is 8.47. The number of hydrogen-bond donors (Lipinski definition) is 1. The molecule has 2 unspecified atom stereocenters. The molecule has 5 rings (SSSR count). The Hall–Kier alpha value is -0.0800. The van der Waals surface area contributed by atoms with Gasteiger partial charge in [0, 0.05) is 18.6 Å². The van der Waals surface area contributed by atoms with E-state index in [-0.39, 0.29) is 0 Å². The molecule has 0 aromatic heterocycles. The van der Waals surface area contributed by atoms with Crippen molar-refractivity contribution in [1.29, 1.82) is 0 Å². The quantitative estimate of drug-likeness (QED) is 0.823. The van der Waals surface area contributed by atoms with Crippen molar-refractivity contribution in [2.45, 2.75) is 65.0 Å². The first-order valence-corrected chi connectivity index (χ1v) is 8.47. The van der Waals surface area contributed by atoms with Crippen LogP contribution in [0.3, 0.4) is 0 Å². The molecule has 2 saturated carbocycles. The van der Waals surface area contributed by atoms with Crippen LogP contribution in [0.5, 0.6) is 0 Å². The lowest BCUT2D eigenvalue weighted by Gasteiger charge is -2.51. The van der Waals surface area contributed by atoms with Gasteiger partial charge >= 0.3 is 0 Å². The zero-order valence-corrected chi connectivity index (χ0v) is 12.9. The van der Waals surface area contributed by atoms with Crippen molar-refractivity contribution in [2.24, 2.45) is 22.7 Å². The summed E-state index contributed by atoms with van der Waals surface area (Å²) < 4.78 is 0. The molecule has 19 heavy (non-hydrogen) atoms. The van der Waals surface area contributed by atoms with Crippen molar-refractivity contribution in [3.63, 3.8) is 0 Å². The van der Waals surface area contributed by atoms with E-state index >= 15 is 0 Å². The van der Waals surface area contributed by atoms with E-state index in [1.165, 1.54) is 51.7 Å². The second-order valence-corrected chi connectivity index (χ2v) is 8.76. The van der Waals surface area contributed by atoms with E-state index in [0.717, 1.165) is 23.9 Å². The Morgan fingerprint density at radius 2 is 1.79 bits per heavy atom. The first-order chi connectivity index (χ1) is 8.99. The molecule has 3 heterocycles. The summed E-state index contributed by atoms with van der Waals surface area (Å²) in [6.45, 7) is 11.6. The summed E-state index contributed by atoms with van der Waals surface area (Å²) >= 11 is 0. The molecular weight excluding hydrogens is 232 g/mol. The maximum absolute atomic E-state index is 4.17. The van der Waals surface area contributed by atoms with Gasteiger partial charge in [-0.1, -0.05) is 20.8 Å². The molecule has 2 aliphatic carbocycles. The predicted octanol–water partition coefficient (Wildman–Crippen LogP) is 2.89. The van der Waals surface area contributed by atoms with E-state index in [1.54, 1.807) is 0 Å². The Kier molecular flexibility index (Phi) is 2.65. The molecule has 2 nitrogen and oxygen atoms in total. The molecule has 3 aliphatic heterocycles. The predicted molar refractivity (Wildman–Crippen MR) is 79.1 cm³/mol. The van der Waals surface area contributed by atoms with E-state index in [4.69, 9.17) is 0 Å². The van der Waals surface area contributed by atoms with Crippen LogP contribution < -0.4 is 5.32 Å². The highest BCUT2D eigenvalue weighted by molar-refractivity contribution is 5.13. The van der Waals surface area contributed by atoms with Crippen LogP contribution in [-0.2, 0) is 0 Å². The molecule has 5 fully saturated rings. The molecule has 1 N–H and O–H groups in total. The van der Waals surface area contributed by atoms with Crippen LogP contribution in [0.25, 0.3) is 0 Å². The first kappa shape index (κ1) is 12.6. The number of hydrogen-bond acceptors (Lipinski definition) is 2. The van der Waals surface area contributed by atoms with Gasteiger partial charge in [-0.3, -0.25) is 0 Å². The molecule has 0 aromatic carbocycles. The topological polar surface area (TPSA) is 15.3 Å². The highest BCUT2D eigenvalue weighted by atomic mass is 15.2. The van der Waals surface area contributed by atoms with Crippen LogP contribution in [0, 0.1) is 22.7 Å².